The van der Waals surface area contributed by atoms with Crippen LogP contribution in [0.25, 0.3) is 0 Å². The Bertz CT molecular complexity index is 322. The van der Waals surface area contributed by atoms with E-state index in [1.807, 2.05) is 0 Å². The van der Waals surface area contributed by atoms with Gasteiger partial charge in [0.05, 0.1) is 24.9 Å². The average Bonchev–Trinajstić information content (AvgIpc) is 2.41. The summed E-state index contributed by atoms with van der Waals surface area (Å²) < 4.78 is 43.3. The minimum Gasteiger partial charge on any atom is -0.735 e. The quantitative estimate of drug-likeness (QED) is 0.373. The van der Waals surface area contributed by atoms with Crippen LogP contribution in [0.2, 0.25) is 0 Å². The Hall–Kier alpha value is 0.750. The van der Waals surface area contributed by atoms with Crippen LogP contribution in [0.4, 0.5) is 0 Å². The predicted octanol–water partition coefficient (Wildman–Crippen LogP) is -5.09. The summed E-state index contributed by atoms with van der Waals surface area (Å²) >= 11 is 0. The molecule has 2 aliphatic heterocycles. The molecule has 15 heavy (non-hydrogen) atoms. The van der Waals surface area contributed by atoms with E-state index in [-0.39, 0.29) is 42.1 Å². The molecule has 0 aromatic carbocycles. The van der Waals surface area contributed by atoms with Crippen molar-refractivity contribution in [1.29, 1.82) is 0 Å². The van der Waals surface area contributed by atoms with Crippen molar-refractivity contribution in [2.75, 3.05) is 6.61 Å². The average molecular weight is 247 g/mol. The first-order valence-electron chi connectivity index (χ1n) is 4.14. The SMILES string of the molecule is O=S(=O)([O-])NC1[C@@H]2OCC(C[C@H]1O)O2.[Na+]. The van der Waals surface area contributed by atoms with E-state index in [9.17, 15) is 18.1 Å². The monoisotopic (exact) mass is 247 g/mol. The Morgan fingerprint density at radius 2 is 2.13 bits per heavy atom. The van der Waals surface area contributed by atoms with Crippen LogP contribution >= 0.6 is 0 Å². The molecule has 2 heterocycles. The molecule has 0 radical (unpaired) electrons. The Labute approximate surface area is 109 Å². The fourth-order valence-corrected chi connectivity index (χ4v) is 2.28. The third kappa shape index (κ3) is 3.35. The van der Waals surface area contributed by atoms with E-state index < -0.39 is 28.7 Å². The second kappa shape index (κ2) is 4.94. The minimum absolute atomic E-state index is 0. The number of nitrogens with one attached hydrogen (secondary N) is 1. The number of aliphatic hydroxyl groups is 1. The van der Waals surface area contributed by atoms with E-state index in [4.69, 9.17) is 9.47 Å². The van der Waals surface area contributed by atoms with Crippen LogP contribution < -0.4 is 34.3 Å². The largest absolute Gasteiger partial charge is 1.00 e. The van der Waals surface area contributed by atoms with Gasteiger partial charge in [0.15, 0.2) is 16.6 Å². The fraction of sp³-hybridized carbons (Fsp3) is 1.00. The normalized spacial score (nSPS) is 39.9. The molecule has 2 saturated heterocycles. The van der Waals surface area contributed by atoms with E-state index >= 15 is 0 Å². The third-order valence-electron chi connectivity index (χ3n) is 2.27. The number of hydrogen-bond donors (Lipinski definition) is 2. The van der Waals surface area contributed by atoms with Crippen LogP contribution in [0.5, 0.6) is 0 Å². The summed E-state index contributed by atoms with van der Waals surface area (Å²) in [5.74, 6) is 0. The molecule has 0 aromatic heterocycles. The molecule has 0 aromatic rings. The van der Waals surface area contributed by atoms with Gasteiger partial charge in [0, 0.05) is 6.42 Å². The topological polar surface area (TPSA) is 108 Å². The number of rotatable bonds is 2. The van der Waals surface area contributed by atoms with Gasteiger partial charge in [-0.2, -0.15) is 0 Å². The summed E-state index contributed by atoms with van der Waals surface area (Å²) in [5.41, 5.74) is 0. The second-order valence-corrected chi connectivity index (χ2v) is 4.50. The van der Waals surface area contributed by atoms with Gasteiger partial charge in [-0.05, 0) is 0 Å². The zero-order chi connectivity index (χ0) is 10.3. The molecule has 4 atom stereocenters. The van der Waals surface area contributed by atoms with Gasteiger partial charge in [-0.1, -0.05) is 0 Å². The first-order chi connectivity index (χ1) is 6.46. The van der Waals surface area contributed by atoms with Crippen molar-refractivity contribution in [1.82, 2.24) is 4.72 Å². The molecule has 2 rings (SSSR count). The maximum Gasteiger partial charge on any atom is 1.00 e. The summed E-state index contributed by atoms with van der Waals surface area (Å²) in [5, 5.41) is 9.49. The Kier molecular flexibility index (Phi) is 4.55. The minimum atomic E-state index is -4.60. The maximum atomic E-state index is 10.4. The summed E-state index contributed by atoms with van der Waals surface area (Å²) in [6.07, 6.45) is -1.73. The second-order valence-electron chi connectivity index (χ2n) is 3.36. The summed E-state index contributed by atoms with van der Waals surface area (Å²) in [6.45, 7) is 0.318. The van der Waals surface area contributed by atoms with E-state index in [0.717, 1.165) is 0 Å². The molecule has 2 fully saturated rings. The predicted molar refractivity (Wildman–Crippen MR) is 41.9 cm³/mol. The van der Waals surface area contributed by atoms with E-state index in [2.05, 4.69) is 0 Å². The zero-order valence-corrected chi connectivity index (χ0v) is 10.9. The third-order valence-corrected chi connectivity index (χ3v) is 2.83. The number of aliphatic hydroxyl groups excluding tert-OH is 1. The Morgan fingerprint density at radius 1 is 1.47 bits per heavy atom. The van der Waals surface area contributed by atoms with Gasteiger partial charge in [0.1, 0.15) is 0 Å². The molecule has 2 bridgehead atoms. The van der Waals surface area contributed by atoms with Crippen LogP contribution in [0.15, 0.2) is 0 Å². The first-order valence-corrected chi connectivity index (χ1v) is 5.55. The van der Waals surface area contributed by atoms with Crippen LogP contribution in [-0.2, 0) is 19.8 Å². The molecule has 2 aliphatic rings. The van der Waals surface area contributed by atoms with Crippen molar-refractivity contribution >= 4 is 10.3 Å². The van der Waals surface area contributed by atoms with Crippen LogP contribution in [0.3, 0.4) is 0 Å². The molecule has 0 aliphatic carbocycles. The molecular weight excluding hydrogens is 237 g/mol. The van der Waals surface area contributed by atoms with Crippen LogP contribution in [0.1, 0.15) is 6.42 Å². The van der Waals surface area contributed by atoms with Crippen molar-refractivity contribution in [3.05, 3.63) is 0 Å². The molecule has 0 amide bonds. The molecule has 0 spiro atoms. The van der Waals surface area contributed by atoms with Gasteiger partial charge < -0.3 is 19.1 Å². The molecule has 0 saturated carbocycles. The Morgan fingerprint density at radius 3 is 2.73 bits per heavy atom. The van der Waals surface area contributed by atoms with Crippen molar-refractivity contribution in [3.63, 3.8) is 0 Å². The van der Waals surface area contributed by atoms with E-state index in [1.54, 1.807) is 4.72 Å². The molecule has 7 nitrogen and oxygen atoms in total. The number of ether oxygens (including phenoxy) is 2. The van der Waals surface area contributed by atoms with Crippen molar-refractivity contribution in [2.24, 2.45) is 0 Å². The van der Waals surface area contributed by atoms with Crippen molar-refractivity contribution < 1.29 is 57.1 Å². The van der Waals surface area contributed by atoms with Gasteiger partial charge in [-0.25, -0.2) is 13.1 Å². The fourth-order valence-electron chi connectivity index (χ4n) is 1.68. The van der Waals surface area contributed by atoms with E-state index in [1.165, 1.54) is 0 Å². The number of fused-ring (bicyclic) bond motifs is 2. The van der Waals surface area contributed by atoms with Gasteiger partial charge >= 0.3 is 29.6 Å². The van der Waals surface area contributed by atoms with Crippen molar-refractivity contribution in [2.45, 2.75) is 31.0 Å². The van der Waals surface area contributed by atoms with E-state index in [0.29, 0.717) is 6.61 Å². The van der Waals surface area contributed by atoms with Crippen molar-refractivity contribution in [3.8, 4) is 0 Å². The molecular formula is C6H10NNaO6S. The van der Waals surface area contributed by atoms with Gasteiger partial charge in [0.2, 0.25) is 0 Å². The smallest absolute Gasteiger partial charge is 0.735 e. The molecule has 2 N–H and O–H groups in total. The molecule has 2 unspecified atom stereocenters. The van der Waals surface area contributed by atoms with Crippen LogP contribution in [0, 0.1) is 0 Å². The molecule has 9 heteroatoms. The summed E-state index contributed by atoms with van der Waals surface area (Å²) in [7, 11) is -4.60. The standard InChI is InChI=1S/C6H11NO6S.Na/c8-4-1-3-2-12-6(13-3)5(4)7-14(9,10)11;/h3-8H,1-2H2,(H,9,10,11);/q;+1/p-1/t3?,4-,5?,6-;/m1./s1. The Balaban J connectivity index is 0.00000112. The first kappa shape index (κ1) is 13.8. The van der Waals surface area contributed by atoms with Gasteiger partial charge in [0.25, 0.3) is 0 Å². The zero-order valence-electron chi connectivity index (χ0n) is 8.12. The van der Waals surface area contributed by atoms with Gasteiger partial charge in [-0.3, -0.25) is 0 Å². The summed E-state index contributed by atoms with van der Waals surface area (Å²) in [4.78, 5) is 0. The molecule has 82 valence electrons. The maximum absolute atomic E-state index is 10.4. The number of hydrogen-bond acceptors (Lipinski definition) is 6. The summed E-state index contributed by atoms with van der Waals surface area (Å²) in [6, 6.07) is -1.00. The van der Waals surface area contributed by atoms with Crippen LogP contribution in [-0.4, -0.2) is 49.2 Å². The van der Waals surface area contributed by atoms with Gasteiger partial charge in [-0.15, -0.1) is 0 Å².